The van der Waals surface area contributed by atoms with Gasteiger partial charge >= 0.3 is 0 Å². The lowest BCUT2D eigenvalue weighted by Crippen LogP contribution is -2.47. The van der Waals surface area contributed by atoms with E-state index in [-0.39, 0.29) is 16.4 Å². The first-order valence-corrected chi connectivity index (χ1v) is 9.02. The topological polar surface area (TPSA) is 102 Å². The highest BCUT2D eigenvalue weighted by molar-refractivity contribution is 7.89. The number of ether oxygens (including phenoxy) is 1. The number of Topliss-reactive ketones (excluding diaryl/α,β-unsaturated/α-hetero) is 1. The number of hydrazine groups is 1. The summed E-state index contributed by atoms with van der Waals surface area (Å²) in [6.07, 6.45) is -1.02. The molecule has 0 saturated heterocycles. The van der Waals surface area contributed by atoms with Gasteiger partial charge in [-0.05, 0) is 50.2 Å². The molecule has 0 bridgehead atoms. The molecule has 0 heterocycles. The Morgan fingerprint density at radius 1 is 1.04 bits per heavy atom. The van der Waals surface area contributed by atoms with Crippen molar-refractivity contribution < 1.29 is 27.1 Å². The number of rotatable bonds is 7. The number of amides is 1. The van der Waals surface area contributed by atoms with Crippen molar-refractivity contribution in [1.29, 1.82) is 0 Å². The standard InChI is InChI=1S/C17H17FN2O5S/c1-11(21)13-3-9-16(10-4-13)26(23,24)20-19-17(22)12(2)25-15-7-5-14(18)6-8-15/h3-10,12,20H,1-2H3,(H,19,22)/t12-/m1/s1. The highest BCUT2D eigenvalue weighted by Crippen LogP contribution is 2.13. The van der Waals surface area contributed by atoms with Gasteiger partial charge in [0.05, 0.1) is 4.90 Å². The number of nitrogens with one attached hydrogen (secondary N) is 2. The molecular formula is C17H17FN2O5S. The van der Waals surface area contributed by atoms with Crippen molar-refractivity contribution >= 4 is 21.7 Å². The zero-order valence-corrected chi connectivity index (χ0v) is 14.8. The van der Waals surface area contributed by atoms with Crippen molar-refractivity contribution in [3.8, 4) is 5.75 Å². The zero-order valence-electron chi connectivity index (χ0n) is 14.0. The Kier molecular flexibility index (Phi) is 6.06. The summed E-state index contributed by atoms with van der Waals surface area (Å²) in [5, 5.41) is 0. The molecule has 138 valence electrons. The normalized spacial score (nSPS) is 12.3. The first kappa shape index (κ1) is 19.5. The predicted octanol–water partition coefficient (Wildman–Crippen LogP) is 1.81. The van der Waals surface area contributed by atoms with Gasteiger partial charge in [0.1, 0.15) is 11.6 Å². The van der Waals surface area contributed by atoms with Gasteiger partial charge in [0.15, 0.2) is 11.9 Å². The van der Waals surface area contributed by atoms with Crippen LogP contribution >= 0.6 is 0 Å². The van der Waals surface area contributed by atoms with Crippen LogP contribution < -0.4 is 15.0 Å². The Morgan fingerprint density at radius 3 is 2.15 bits per heavy atom. The largest absolute Gasteiger partial charge is 0.481 e. The lowest BCUT2D eigenvalue weighted by atomic mass is 10.2. The van der Waals surface area contributed by atoms with Gasteiger partial charge in [-0.2, -0.15) is 0 Å². The molecule has 26 heavy (non-hydrogen) atoms. The highest BCUT2D eigenvalue weighted by atomic mass is 32.2. The van der Waals surface area contributed by atoms with E-state index in [0.29, 0.717) is 5.56 Å². The first-order valence-electron chi connectivity index (χ1n) is 7.54. The number of carbonyl (C=O) groups excluding carboxylic acids is 2. The fourth-order valence-electron chi connectivity index (χ4n) is 1.92. The van der Waals surface area contributed by atoms with Gasteiger partial charge in [-0.1, -0.05) is 12.1 Å². The molecule has 7 nitrogen and oxygen atoms in total. The summed E-state index contributed by atoms with van der Waals surface area (Å²) in [6, 6.07) is 10.3. The number of halogens is 1. The molecule has 2 aromatic carbocycles. The predicted molar refractivity (Wildman–Crippen MR) is 91.4 cm³/mol. The Hall–Kier alpha value is -2.78. The number of hydrogen-bond acceptors (Lipinski definition) is 5. The minimum atomic E-state index is -4.01. The minimum absolute atomic E-state index is 0.116. The van der Waals surface area contributed by atoms with Gasteiger partial charge in [-0.15, -0.1) is 4.83 Å². The third-order valence-corrected chi connectivity index (χ3v) is 4.64. The summed E-state index contributed by atoms with van der Waals surface area (Å²) in [5.74, 6) is -1.12. The van der Waals surface area contributed by atoms with Gasteiger partial charge in [-0.3, -0.25) is 15.0 Å². The molecule has 0 aromatic heterocycles. The van der Waals surface area contributed by atoms with Crippen LogP contribution in [0, 0.1) is 5.82 Å². The van der Waals surface area contributed by atoms with E-state index < -0.39 is 27.9 Å². The van der Waals surface area contributed by atoms with E-state index in [0.717, 1.165) is 0 Å². The molecule has 2 N–H and O–H groups in total. The molecule has 0 unspecified atom stereocenters. The smallest absolute Gasteiger partial charge is 0.275 e. The first-order chi connectivity index (χ1) is 12.2. The van der Waals surface area contributed by atoms with Crippen LogP contribution in [0.2, 0.25) is 0 Å². The molecule has 2 rings (SSSR count). The molecule has 0 saturated carbocycles. The fourth-order valence-corrected chi connectivity index (χ4v) is 2.76. The Labute approximate surface area is 150 Å². The molecule has 0 fully saturated rings. The molecular weight excluding hydrogens is 363 g/mol. The van der Waals surface area contributed by atoms with Crippen LogP contribution in [0.4, 0.5) is 4.39 Å². The second kappa shape index (κ2) is 8.07. The molecule has 2 aromatic rings. The second-order valence-electron chi connectivity index (χ2n) is 5.39. The Morgan fingerprint density at radius 2 is 1.62 bits per heavy atom. The fraction of sp³-hybridized carbons (Fsp3) is 0.176. The lowest BCUT2D eigenvalue weighted by molar-refractivity contribution is -0.127. The Bertz CT molecular complexity index is 896. The van der Waals surface area contributed by atoms with E-state index in [1.807, 2.05) is 10.3 Å². The highest BCUT2D eigenvalue weighted by Gasteiger charge is 2.19. The lowest BCUT2D eigenvalue weighted by Gasteiger charge is -2.15. The summed E-state index contributed by atoms with van der Waals surface area (Å²) < 4.78 is 42.4. The SMILES string of the molecule is CC(=O)c1ccc(S(=O)(=O)NNC(=O)[C@@H](C)Oc2ccc(F)cc2)cc1. The molecule has 1 amide bonds. The quantitative estimate of drug-likeness (QED) is 0.563. The van der Waals surface area contributed by atoms with E-state index >= 15 is 0 Å². The average molecular weight is 380 g/mol. The van der Waals surface area contributed by atoms with E-state index in [1.165, 1.54) is 62.4 Å². The monoisotopic (exact) mass is 380 g/mol. The maximum atomic E-state index is 12.8. The van der Waals surface area contributed by atoms with E-state index in [2.05, 4.69) is 0 Å². The summed E-state index contributed by atoms with van der Waals surface area (Å²) in [4.78, 5) is 25.0. The molecule has 0 aliphatic heterocycles. The van der Waals surface area contributed by atoms with Crippen LogP contribution in [0.15, 0.2) is 53.4 Å². The summed E-state index contributed by atoms with van der Waals surface area (Å²) >= 11 is 0. The number of benzene rings is 2. The molecule has 1 atom stereocenters. The number of sulfonamides is 1. The molecule has 0 spiro atoms. The van der Waals surface area contributed by atoms with E-state index in [4.69, 9.17) is 4.74 Å². The number of hydrogen-bond donors (Lipinski definition) is 2. The van der Waals surface area contributed by atoms with Crippen molar-refractivity contribution in [1.82, 2.24) is 10.3 Å². The molecule has 0 aliphatic rings. The summed E-state index contributed by atoms with van der Waals surface area (Å²) in [5.41, 5.74) is 2.42. The van der Waals surface area contributed by atoms with Crippen molar-refractivity contribution in [2.24, 2.45) is 0 Å². The third-order valence-electron chi connectivity index (χ3n) is 3.38. The van der Waals surface area contributed by atoms with Crippen molar-refractivity contribution in [2.75, 3.05) is 0 Å². The molecule has 0 radical (unpaired) electrons. The Balaban J connectivity index is 1.96. The van der Waals surface area contributed by atoms with Crippen LogP contribution in [0.3, 0.4) is 0 Å². The van der Waals surface area contributed by atoms with Gasteiger partial charge in [0.2, 0.25) is 0 Å². The van der Waals surface area contributed by atoms with Crippen LogP contribution in [0.25, 0.3) is 0 Å². The second-order valence-corrected chi connectivity index (χ2v) is 7.07. The molecule has 9 heteroatoms. The van der Waals surface area contributed by atoms with Gasteiger partial charge in [0.25, 0.3) is 15.9 Å². The zero-order chi connectivity index (χ0) is 19.3. The van der Waals surface area contributed by atoms with E-state index in [1.54, 1.807) is 0 Å². The van der Waals surface area contributed by atoms with Crippen LogP contribution in [0.5, 0.6) is 5.75 Å². The van der Waals surface area contributed by atoms with E-state index in [9.17, 15) is 22.4 Å². The summed E-state index contributed by atoms with van der Waals surface area (Å²) in [7, 11) is -4.01. The third kappa shape index (κ3) is 5.11. The van der Waals surface area contributed by atoms with Gasteiger partial charge < -0.3 is 4.74 Å². The average Bonchev–Trinajstić information content (AvgIpc) is 2.61. The van der Waals surface area contributed by atoms with Crippen LogP contribution in [-0.2, 0) is 14.8 Å². The summed E-state index contributed by atoms with van der Waals surface area (Å²) in [6.45, 7) is 2.78. The van der Waals surface area contributed by atoms with Crippen molar-refractivity contribution in [3.63, 3.8) is 0 Å². The van der Waals surface area contributed by atoms with Crippen molar-refractivity contribution in [3.05, 3.63) is 59.9 Å². The van der Waals surface area contributed by atoms with Gasteiger partial charge in [-0.25, -0.2) is 12.8 Å². The maximum absolute atomic E-state index is 12.8. The number of ketones is 1. The molecule has 0 aliphatic carbocycles. The minimum Gasteiger partial charge on any atom is -0.481 e. The van der Waals surface area contributed by atoms with Crippen LogP contribution in [0.1, 0.15) is 24.2 Å². The van der Waals surface area contributed by atoms with Gasteiger partial charge in [0, 0.05) is 5.56 Å². The number of carbonyl (C=O) groups is 2. The van der Waals surface area contributed by atoms with Crippen molar-refractivity contribution in [2.45, 2.75) is 24.8 Å². The van der Waals surface area contributed by atoms with Crippen LogP contribution in [-0.4, -0.2) is 26.2 Å². The maximum Gasteiger partial charge on any atom is 0.275 e.